The molecular formula is C12H13ClN2O3. The first-order valence-corrected chi connectivity index (χ1v) is 6.10. The first-order chi connectivity index (χ1) is 8.59. The van der Waals surface area contributed by atoms with Gasteiger partial charge in [-0.05, 0) is 25.0 Å². The number of likely N-dealkylation sites (tertiary alicyclic amines) is 1. The summed E-state index contributed by atoms with van der Waals surface area (Å²) in [6, 6.07) is 3.28. The maximum Gasteiger partial charge on any atom is 0.306 e. The third-order valence-electron chi connectivity index (χ3n) is 3.12. The Morgan fingerprint density at radius 3 is 2.61 bits per heavy atom. The Morgan fingerprint density at radius 1 is 1.39 bits per heavy atom. The third-order valence-corrected chi connectivity index (χ3v) is 3.42. The van der Waals surface area contributed by atoms with Crippen molar-refractivity contribution in [1.82, 2.24) is 9.88 Å². The van der Waals surface area contributed by atoms with E-state index in [1.807, 2.05) is 0 Å². The minimum Gasteiger partial charge on any atom is -0.481 e. The van der Waals surface area contributed by atoms with E-state index >= 15 is 0 Å². The number of pyridine rings is 1. The number of carbonyl (C=O) groups is 2. The molecule has 0 aliphatic carbocycles. The monoisotopic (exact) mass is 268 g/mol. The molecule has 1 aromatic rings. The van der Waals surface area contributed by atoms with Gasteiger partial charge in [0.25, 0.3) is 5.91 Å². The second kappa shape index (κ2) is 5.35. The standard InChI is InChI=1S/C12H13ClN2O3/c13-10-9(2-1-5-14-10)11(16)15-6-3-8(4-7-15)12(17)18/h1-2,5,8H,3-4,6-7H2,(H,17,18). The van der Waals surface area contributed by atoms with E-state index in [4.69, 9.17) is 16.7 Å². The molecule has 0 atom stereocenters. The zero-order valence-corrected chi connectivity index (χ0v) is 10.4. The molecule has 5 nitrogen and oxygen atoms in total. The van der Waals surface area contributed by atoms with Crippen molar-refractivity contribution in [3.8, 4) is 0 Å². The molecular weight excluding hydrogens is 256 g/mol. The van der Waals surface area contributed by atoms with Gasteiger partial charge in [0.15, 0.2) is 0 Å². The molecule has 0 radical (unpaired) electrons. The second-order valence-corrected chi connectivity index (χ2v) is 4.60. The molecule has 2 heterocycles. The number of hydrogen-bond donors (Lipinski definition) is 1. The van der Waals surface area contributed by atoms with Gasteiger partial charge >= 0.3 is 5.97 Å². The van der Waals surface area contributed by atoms with Crippen LogP contribution in [0.25, 0.3) is 0 Å². The molecule has 0 aromatic carbocycles. The summed E-state index contributed by atoms with van der Waals surface area (Å²) in [5, 5.41) is 9.07. The van der Waals surface area contributed by atoms with Gasteiger partial charge in [-0.25, -0.2) is 4.98 Å². The Balaban J connectivity index is 2.04. The van der Waals surface area contributed by atoms with Gasteiger partial charge in [-0.3, -0.25) is 9.59 Å². The predicted octanol–water partition coefficient (Wildman–Crippen LogP) is 1.67. The molecule has 0 spiro atoms. The van der Waals surface area contributed by atoms with Gasteiger partial charge in [0, 0.05) is 19.3 Å². The largest absolute Gasteiger partial charge is 0.481 e. The summed E-state index contributed by atoms with van der Waals surface area (Å²) in [6.45, 7) is 0.891. The number of carboxylic acid groups (broad SMARTS) is 1. The molecule has 1 amide bonds. The summed E-state index contributed by atoms with van der Waals surface area (Å²) in [5.74, 6) is -1.32. The number of nitrogens with zero attached hydrogens (tertiary/aromatic N) is 2. The highest BCUT2D eigenvalue weighted by Crippen LogP contribution is 2.21. The van der Waals surface area contributed by atoms with Crippen LogP contribution in [0.1, 0.15) is 23.2 Å². The fraction of sp³-hybridized carbons (Fsp3) is 0.417. The van der Waals surface area contributed by atoms with Crippen LogP contribution in [0.5, 0.6) is 0 Å². The Bertz CT molecular complexity index is 470. The van der Waals surface area contributed by atoms with Crippen molar-refractivity contribution in [2.45, 2.75) is 12.8 Å². The molecule has 1 aliphatic heterocycles. The number of piperidine rings is 1. The van der Waals surface area contributed by atoms with E-state index in [2.05, 4.69) is 4.98 Å². The molecule has 1 aliphatic rings. The van der Waals surface area contributed by atoms with Crippen LogP contribution in [0.15, 0.2) is 18.3 Å². The molecule has 1 aromatic heterocycles. The Labute approximate surface area is 109 Å². The molecule has 1 N–H and O–H groups in total. The number of halogens is 1. The molecule has 0 bridgehead atoms. The molecule has 0 saturated carbocycles. The van der Waals surface area contributed by atoms with E-state index in [0.29, 0.717) is 31.5 Å². The highest BCUT2D eigenvalue weighted by atomic mass is 35.5. The van der Waals surface area contributed by atoms with Crippen LogP contribution in [0.2, 0.25) is 5.15 Å². The van der Waals surface area contributed by atoms with E-state index in [0.717, 1.165) is 0 Å². The van der Waals surface area contributed by atoms with Gasteiger partial charge in [-0.2, -0.15) is 0 Å². The van der Waals surface area contributed by atoms with Crippen molar-refractivity contribution < 1.29 is 14.7 Å². The van der Waals surface area contributed by atoms with E-state index < -0.39 is 5.97 Å². The van der Waals surface area contributed by atoms with Gasteiger partial charge in [-0.15, -0.1) is 0 Å². The lowest BCUT2D eigenvalue weighted by Crippen LogP contribution is -2.40. The Kier molecular flexibility index (Phi) is 3.81. The normalized spacial score (nSPS) is 16.6. The average Bonchev–Trinajstić information content (AvgIpc) is 2.38. The summed E-state index contributed by atoms with van der Waals surface area (Å²) in [4.78, 5) is 28.5. The lowest BCUT2D eigenvalue weighted by atomic mass is 9.97. The van der Waals surface area contributed by atoms with Crippen LogP contribution < -0.4 is 0 Å². The molecule has 18 heavy (non-hydrogen) atoms. The van der Waals surface area contributed by atoms with Gasteiger partial charge in [-0.1, -0.05) is 11.6 Å². The smallest absolute Gasteiger partial charge is 0.306 e. The Hall–Kier alpha value is -1.62. The molecule has 1 saturated heterocycles. The highest BCUT2D eigenvalue weighted by molar-refractivity contribution is 6.32. The van der Waals surface area contributed by atoms with Gasteiger partial charge in [0.2, 0.25) is 0 Å². The van der Waals surface area contributed by atoms with Crippen LogP contribution in [-0.4, -0.2) is 40.0 Å². The molecule has 96 valence electrons. The van der Waals surface area contributed by atoms with Crippen molar-refractivity contribution in [2.75, 3.05) is 13.1 Å². The van der Waals surface area contributed by atoms with Gasteiger partial charge < -0.3 is 10.0 Å². The van der Waals surface area contributed by atoms with Crippen molar-refractivity contribution in [1.29, 1.82) is 0 Å². The van der Waals surface area contributed by atoms with Crippen LogP contribution >= 0.6 is 11.6 Å². The van der Waals surface area contributed by atoms with E-state index in [1.165, 1.54) is 6.20 Å². The highest BCUT2D eigenvalue weighted by Gasteiger charge is 2.28. The van der Waals surface area contributed by atoms with Gasteiger partial charge in [0.1, 0.15) is 5.15 Å². The lowest BCUT2D eigenvalue weighted by Gasteiger charge is -2.30. The van der Waals surface area contributed by atoms with Crippen LogP contribution in [0, 0.1) is 5.92 Å². The fourth-order valence-corrected chi connectivity index (χ4v) is 2.25. The minimum absolute atomic E-state index is 0.183. The number of carboxylic acids is 1. The van der Waals surface area contributed by atoms with E-state index in [-0.39, 0.29) is 17.0 Å². The maximum absolute atomic E-state index is 12.2. The number of amides is 1. The van der Waals surface area contributed by atoms with Crippen LogP contribution in [-0.2, 0) is 4.79 Å². The predicted molar refractivity (Wildman–Crippen MR) is 65.5 cm³/mol. The lowest BCUT2D eigenvalue weighted by molar-refractivity contribution is -0.143. The summed E-state index contributed by atoms with van der Waals surface area (Å²) in [6.07, 6.45) is 2.49. The zero-order valence-electron chi connectivity index (χ0n) is 9.67. The third kappa shape index (κ3) is 2.61. The molecule has 2 rings (SSSR count). The zero-order chi connectivity index (χ0) is 13.1. The number of hydrogen-bond acceptors (Lipinski definition) is 3. The second-order valence-electron chi connectivity index (χ2n) is 4.25. The van der Waals surface area contributed by atoms with E-state index in [1.54, 1.807) is 17.0 Å². The van der Waals surface area contributed by atoms with Crippen molar-refractivity contribution in [3.63, 3.8) is 0 Å². The molecule has 1 fully saturated rings. The number of rotatable bonds is 2. The number of aliphatic carboxylic acids is 1. The minimum atomic E-state index is -0.790. The molecule has 6 heteroatoms. The van der Waals surface area contributed by atoms with Crippen molar-refractivity contribution in [3.05, 3.63) is 29.0 Å². The summed E-state index contributed by atoms with van der Waals surface area (Å²) < 4.78 is 0. The van der Waals surface area contributed by atoms with Crippen molar-refractivity contribution >= 4 is 23.5 Å². The summed E-state index contributed by atoms with van der Waals surface area (Å²) >= 11 is 5.86. The van der Waals surface area contributed by atoms with E-state index in [9.17, 15) is 9.59 Å². The Morgan fingerprint density at radius 2 is 2.06 bits per heavy atom. The molecule has 0 unspecified atom stereocenters. The van der Waals surface area contributed by atoms with Crippen molar-refractivity contribution in [2.24, 2.45) is 5.92 Å². The quantitative estimate of drug-likeness (QED) is 0.829. The van der Waals surface area contributed by atoms with Gasteiger partial charge in [0.05, 0.1) is 11.5 Å². The van der Waals surface area contributed by atoms with Crippen LogP contribution in [0.3, 0.4) is 0 Å². The topological polar surface area (TPSA) is 70.5 Å². The SMILES string of the molecule is O=C(O)C1CCN(C(=O)c2cccnc2Cl)CC1. The maximum atomic E-state index is 12.2. The van der Waals surface area contributed by atoms with Crippen LogP contribution in [0.4, 0.5) is 0 Å². The summed E-state index contributed by atoms with van der Waals surface area (Å²) in [5.41, 5.74) is 0.368. The first kappa shape index (κ1) is 12.8. The summed E-state index contributed by atoms with van der Waals surface area (Å²) in [7, 11) is 0. The fourth-order valence-electron chi connectivity index (χ4n) is 2.05. The number of carbonyl (C=O) groups excluding carboxylic acids is 1. The average molecular weight is 269 g/mol. The first-order valence-electron chi connectivity index (χ1n) is 5.72. The number of aromatic nitrogens is 1.